The fourth-order valence-electron chi connectivity index (χ4n) is 2.60. The largest absolute Gasteiger partial charge is 0.457 e. The number of nitrogens with zero attached hydrogens (tertiary/aromatic N) is 1. The molecular weight excluding hydrogens is 416 g/mol. The lowest BCUT2D eigenvalue weighted by Gasteiger charge is -2.13. The maximum absolute atomic E-state index is 11.6. The zero-order chi connectivity index (χ0) is 22.2. The Labute approximate surface area is 185 Å². The van der Waals surface area contributed by atoms with Crippen LogP contribution >= 0.6 is 11.6 Å². The van der Waals surface area contributed by atoms with Crippen molar-refractivity contribution in [1.82, 2.24) is 4.98 Å². The first-order valence-corrected chi connectivity index (χ1v) is 9.89. The zero-order valence-corrected chi connectivity index (χ0v) is 17.6. The Bertz CT molecular complexity index is 1120. The Balaban J connectivity index is 1.74. The van der Waals surface area contributed by atoms with Crippen molar-refractivity contribution in [2.24, 2.45) is 0 Å². The quantitative estimate of drug-likeness (QED) is 0.391. The van der Waals surface area contributed by atoms with Crippen molar-refractivity contribution < 1.29 is 14.3 Å². The smallest absolute Gasteiger partial charge is 0.247 e. The number of para-hydroxylation sites is 2. The molecule has 31 heavy (non-hydrogen) atoms. The SMILES string of the molecule is C=CC(=O)Nc1ccccc1Nc1cc(Oc2ccc(NC(=O)CC)c(Cl)c2)ccn1. The van der Waals surface area contributed by atoms with Crippen LogP contribution in [0.5, 0.6) is 11.5 Å². The predicted molar refractivity (Wildman–Crippen MR) is 123 cm³/mol. The van der Waals surface area contributed by atoms with Crippen LogP contribution in [0.1, 0.15) is 13.3 Å². The molecule has 0 radical (unpaired) electrons. The van der Waals surface area contributed by atoms with E-state index in [0.29, 0.717) is 45.8 Å². The first-order valence-electron chi connectivity index (χ1n) is 9.51. The third kappa shape index (κ3) is 6.07. The summed E-state index contributed by atoms with van der Waals surface area (Å²) in [5, 5.41) is 9.01. The van der Waals surface area contributed by atoms with Gasteiger partial charge in [-0.1, -0.05) is 37.2 Å². The molecule has 0 fully saturated rings. The number of nitrogens with one attached hydrogen (secondary N) is 3. The van der Waals surface area contributed by atoms with Crippen molar-refractivity contribution in [1.29, 1.82) is 0 Å². The molecule has 0 spiro atoms. The average Bonchev–Trinajstić information content (AvgIpc) is 2.77. The fraction of sp³-hybridized carbons (Fsp3) is 0.0870. The summed E-state index contributed by atoms with van der Waals surface area (Å²) in [5.41, 5.74) is 1.79. The standard InChI is InChI=1S/C23H21ClN4O3/c1-3-22(29)27-18-10-9-15(13-17(18)24)31-16-11-12-25-21(14-16)26-19-7-5-6-8-20(19)28-23(30)4-2/h4-14H,2-3H2,1H3,(H,25,26)(H,27,29)(H,28,30). The molecule has 2 amide bonds. The Morgan fingerprint density at radius 3 is 2.48 bits per heavy atom. The number of carbonyl (C=O) groups excluding carboxylic acids is 2. The molecule has 0 bridgehead atoms. The Kier molecular flexibility index (Phi) is 7.24. The number of hydrogen-bond acceptors (Lipinski definition) is 5. The molecular formula is C23H21ClN4O3. The molecule has 0 unspecified atom stereocenters. The number of carbonyl (C=O) groups is 2. The van der Waals surface area contributed by atoms with E-state index in [0.717, 1.165) is 0 Å². The second kappa shape index (κ2) is 10.3. The number of halogens is 1. The molecule has 3 aromatic rings. The van der Waals surface area contributed by atoms with Crippen molar-refractivity contribution in [2.75, 3.05) is 16.0 Å². The number of ether oxygens (including phenoxy) is 1. The summed E-state index contributed by atoms with van der Waals surface area (Å²) in [6.07, 6.45) is 3.16. The van der Waals surface area contributed by atoms with E-state index in [2.05, 4.69) is 27.5 Å². The molecule has 0 saturated carbocycles. The number of hydrogen-bond donors (Lipinski definition) is 3. The highest BCUT2D eigenvalue weighted by Gasteiger charge is 2.09. The molecule has 158 valence electrons. The van der Waals surface area contributed by atoms with Gasteiger partial charge in [-0.25, -0.2) is 4.98 Å². The Morgan fingerprint density at radius 2 is 1.77 bits per heavy atom. The minimum atomic E-state index is -0.310. The van der Waals surface area contributed by atoms with Crippen molar-refractivity contribution in [2.45, 2.75) is 13.3 Å². The highest BCUT2D eigenvalue weighted by atomic mass is 35.5. The molecule has 8 heteroatoms. The third-order valence-corrected chi connectivity index (χ3v) is 4.45. The topological polar surface area (TPSA) is 92.4 Å². The van der Waals surface area contributed by atoms with Crippen LogP contribution in [0.3, 0.4) is 0 Å². The lowest BCUT2D eigenvalue weighted by Crippen LogP contribution is -2.09. The van der Waals surface area contributed by atoms with E-state index in [1.807, 2.05) is 18.2 Å². The molecule has 2 aromatic carbocycles. The molecule has 3 rings (SSSR count). The first-order chi connectivity index (χ1) is 15.0. The second-order valence-electron chi connectivity index (χ2n) is 6.39. The molecule has 7 nitrogen and oxygen atoms in total. The summed E-state index contributed by atoms with van der Waals surface area (Å²) in [6.45, 7) is 5.23. The summed E-state index contributed by atoms with van der Waals surface area (Å²) in [6, 6.07) is 15.7. The third-order valence-electron chi connectivity index (χ3n) is 4.14. The number of rotatable bonds is 8. The van der Waals surface area contributed by atoms with Crippen LogP contribution in [-0.2, 0) is 9.59 Å². The lowest BCUT2D eigenvalue weighted by atomic mass is 10.2. The predicted octanol–water partition coefficient (Wildman–Crippen LogP) is 5.74. The van der Waals surface area contributed by atoms with E-state index in [9.17, 15) is 9.59 Å². The van der Waals surface area contributed by atoms with Crippen LogP contribution in [0.25, 0.3) is 0 Å². The van der Waals surface area contributed by atoms with E-state index >= 15 is 0 Å². The van der Waals surface area contributed by atoms with E-state index in [1.165, 1.54) is 6.08 Å². The molecule has 0 aliphatic carbocycles. The van der Waals surface area contributed by atoms with Crippen LogP contribution in [0.4, 0.5) is 22.9 Å². The van der Waals surface area contributed by atoms with Gasteiger partial charge in [-0.05, 0) is 36.4 Å². The van der Waals surface area contributed by atoms with Gasteiger partial charge >= 0.3 is 0 Å². The van der Waals surface area contributed by atoms with Gasteiger partial charge in [0.05, 0.1) is 22.1 Å². The molecule has 0 aliphatic heterocycles. The maximum atomic E-state index is 11.6. The first kappa shape index (κ1) is 21.9. The monoisotopic (exact) mass is 436 g/mol. The van der Waals surface area contributed by atoms with Gasteiger partial charge in [-0.2, -0.15) is 0 Å². The van der Waals surface area contributed by atoms with Gasteiger partial charge in [0.2, 0.25) is 11.8 Å². The van der Waals surface area contributed by atoms with Crippen molar-refractivity contribution in [3.63, 3.8) is 0 Å². The fourth-order valence-corrected chi connectivity index (χ4v) is 2.82. The lowest BCUT2D eigenvalue weighted by molar-refractivity contribution is -0.116. The van der Waals surface area contributed by atoms with Gasteiger partial charge in [-0.3, -0.25) is 9.59 Å². The van der Waals surface area contributed by atoms with Gasteiger partial charge in [0.1, 0.15) is 17.3 Å². The Hall–Kier alpha value is -3.84. The number of amides is 2. The highest BCUT2D eigenvalue weighted by molar-refractivity contribution is 6.33. The second-order valence-corrected chi connectivity index (χ2v) is 6.79. The van der Waals surface area contributed by atoms with E-state index in [1.54, 1.807) is 49.5 Å². The minimum absolute atomic E-state index is 0.120. The summed E-state index contributed by atoms with van der Waals surface area (Å²) in [4.78, 5) is 27.5. The van der Waals surface area contributed by atoms with Crippen LogP contribution < -0.4 is 20.7 Å². The maximum Gasteiger partial charge on any atom is 0.247 e. The Morgan fingerprint density at radius 1 is 1.03 bits per heavy atom. The number of aromatic nitrogens is 1. The van der Waals surface area contributed by atoms with Crippen molar-refractivity contribution in [3.05, 3.63) is 78.5 Å². The number of anilines is 4. The van der Waals surface area contributed by atoms with E-state index in [-0.39, 0.29) is 11.8 Å². The van der Waals surface area contributed by atoms with Gasteiger partial charge in [0.25, 0.3) is 0 Å². The molecule has 1 heterocycles. The van der Waals surface area contributed by atoms with Crippen LogP contribution in [0.2, 0.25) is 5.02 Å². The summed E-state index contributed by atoms with van der Waals surface area (Å²) < 4.78 is 5.88. The van der Waals surface area contributed by atoms with Crippen LogP contribution in [0, 0.1) is 0 Å². The van der Waals surface area contributed by atoms with Crippen molar-refractivity contribution >= 4 is 46.3 Å². The normalized spacial score (nSPS) is 10.1. The van der Waals surface area contributed by atoms with Gasteiger partial charge in [-0.15, -0.1) is 0 Å². The van der Waals surface area contributed by atoms with Gasteiger partial charge < -0.3 is 20.7 Å². The summed E-state index contributed by atoms with van der Waals surface area (Å²) in [7, 11) is 0. The van der Waals surface area contributed by atoms with Crippen LogP contribution in [0.15, 0.2) is 73.4 Å². The molecule has 0 atom stereocenters. The number of pyridine rings is 1. The molecule has 3 N–H and O–H groups in total. The average molecular weight is 437 g/mol. The molecule has 0 aliphatic rings. The van der Waals surface area contributed by atoms with E-state index in [4.69, 9.17) is 16.3 Å². The summed E-state index contributed by atoms with van der Waals surface area (Å²) >= 11 is 6.25. The summed E-state index contributed by atoms with van der Waals surface area (Å²) in [5.74, 6) is 1.14. The van der Waals surface area contributed by atoms with E-state index < -0.39 is 0 Å². The highest BCUT2D eigenvalue weighted by Crippen LogP contribution is 2.31. The number of benzene rings is 2. The van der Waals surface area contributed by atoms with Gasteiger partial charge in [0.15, 0.2) is 0 Å². The molecule has 0 saturated heterocycles. The van der Waals surface area contributed by atoms with Gasteiger partial charge in [0, 0.05) is 24.8 Å². The zero-order valence-electron chi connectivity index (χ0n) is 16.8. The van der Waals surface area contributed by atoms with Crippen LogP contribution in [-0.4, -0.2) is 16.8 Å². The minimum Gasteiger partial charge on any atom is -0.457 e. The molecule has 1 aromatic heterocycles. The van der Waals surface area contributed by atoms with Crippen molar-refractivity contribution in [3.8, 4) is 11.5 Å².